The van der Waals surface area contributed by atoms with Crippen LogP contribution in [-0.4, -0.2) is 51.4 Å². The molecule has 5 atom stereocenters. The third-order valence-electron chi connectivity index (χ3n) is 5.47. The molecule has 0 bridgehead atoms. The van der Waals surface area contributed by atoms with Crippen LogP contribution >= 0.6 is 0 Å². The number of aliphatic hydroxyl groups is 4. The number of hydrogen-bond acceptors (Lipinski definition) is 6. The van der Waals surface area contributed by atoms with Gasteiger partial charge < -0.3 is 30.3 Å². The number of ether oxygens (including phenoxy) is 1. The summed E-state index contributed by atoms with van der Waals surface area (Å²) >= 11 is 0. The van der Waals surface area contributed by atoms with E-state index in [1.54, 1.807) is 12.1 Å². The summed E-state index contributed by atoms with van der Waals surface area (Å²) in [6.07, 6.45) is -6.04. The van der Waals surface area contributed by atoms with Gasteiger partial charge in [0.2, 0.25) is 0 Å². The van der Waals surface area contributed by atoms with Crippen LogP contribution in [0.2, 0.25) is 0 Å². The Labute approximate surface area is 217 Å². The third kappa shape index (κ3) is 4.81. The van der Waals surface area contributed by atoms with E-state index in [1.165, 1.54) is 6.07 Å². The van der Waals surface area contributed by atoms with Crippen LogP contribution in [0.5, 0.6) is 5.75 Å². The maximum Gasteiger partial charge on any atom is 1.00 e. The Hall–Kier alpha value is -0.844. The fourth-order valence-electron chi connectivity index (χ4n) is 3.91. The Balaban J connectivity index is 0.00000256. The fraction of sp³-hybridized carbons (Fsp3) is 0.304. The molecule has 4 N–H and O–H groups in total. The van der Waals surface area contributed by atoms with Gasteiger partial charge in [-0.3, -0.25) is 0 Å². The van der Waals surface area contributed by atoms with Gasteiger partial charge in [0, 0.05) is 0 Å². The summed E-state index contributed by atoms with van der Waals surface area (Å²) in [5.41, 5.74) is 4.39. The van der Waals surface area contributed by atoms with E-state index in [0.717, 1.165) is 22.3 Å². The van der Waals surface area contributed by atoms with Crippen LogP contribution in [-0.2, 0) is 11.2 Å². The van der Waals surface area contributed by atoms with E-state index in [4.69, 9.17) is 4.74 Å². The molecule has 1 saturated heterocycles. The maximum atomic E-state index is 12.4. The van der Waals surface area contributed by atoms with Gasteiger partial charge in [0.15, 0.2) is 0 Å². The van der Waals surface area contributed by atoms with Crippen molar-refractivity contribution in [3.05, 3.63) is 77.4 Å². The van der Waals surface area contributed by atoms with Crippen molar-refractivity contribution in [3.8, 4) is 16.9 Å². The van der Waals surface area contributed by atoms with E-state index in [0.29, 0.717) is 6.42 Å². The van der Waals surface area contributed by atoms with E-state index in [9.17, 15) is 25.5 Å². The molecule has 1 aromatic rings. The zero-order valence-corrected chi connectivity index (χ0v) is 19.8. The quantitative estimate of drug-likeness (QED) is 0.353. The van der Waals surface area contributed by atoms with Gasteiger partial charge in [-0.15, -0.1) is 5.75 Å². The molecule has 0 radical (unpaired) electrons. The van der Waals surface area contributed by atoms with Crippen LogP contribution in [0.1, 0.15) is 22.8 Å². The fourth-order valence-corrected chi connectivity index (χ4v) is 3.91. The molecule has 0 spiro atoms. The molecular formula is C23H23KO6. The van der Waals surface area contributed by atoms with E-state index in [2.05, 4.69) is 12.1 Å². The molecule has 1 aromatic carbocycles. The maximum absolute atomic E-state index is 12.4. The minimum absolute atomic E-state index is 0. The summed E-state index contributed by atoms with van der Waals surface area (Å²) in [5, 5.41) is 52.1. The van der Waals surface area contributed by atoms with Gasteiger partial charge in [0.1, 0.15) is 30.5 Å². The summed E-state index contributed by atoms with van der Waals surface area (Å²) in [7, 11) is 0. The molecular weight excluding hydrogens is 411 g/mol. The number of benzene rings is 1. The summed E-state index contributed by atoms with van der Waals surface area (Å²) in [6, 6.07) is 19.0. The van der Waals surface area contributed by atoms with E-state index in [1.807, 2.05) is 30.3 Å². The van der Waals surface area contributed by atoms with Crippen molar-refractivity contribution in [3.63, 3.8) is 0 Å². The molecule has 1 fully saturated rings. The van der Waals surface area contributed by atoms with Gasteiger partial charge in [0.25, 0.3) is 0 Å². The van der Waals surface area contributed by atoms with Crippen molar-refractivity contribution in [2.75, 3.05) is 6.61 Å². The molecule has 1 aliphatic heterocycles. The topological polar surface area (TPSA) is 113 Å². The monoisotopic (exact) mass is 434 g/mol. The second kappa shape index (κ2) is 10.2. The third-order valence-corrected chi connectivity index (χ3v) is 5.47. The van der Waals surface area contributed by atoms with Crippen LogP contribution in [0.4, 0.5) is 0 Å². The van der Waals surface area contributed by atoms with Gasteiger partial charge >= 0.3 is 51.4 Å². The zero-order valence-electron chi connectivity index (χ0n) is 16.7. The minimum Gasteiger partial charge on any atom is -0.872 e. The van der Waals surface area contributed by atoms with Crippen molar-refractivity contribution in [2.24, 2.45) is 0 Å². The summed E-state index contributed by atoms with van der Waals surface area (Å²) in [4.78, 5) is 0. The molecule has 0 aromatic heterocycles. The number of hydrogen-bond donors (Lipinski definition) is 4. The second-order valence-corrected chi connectivity index (χ2v) is 7.48. The van der Waals surface area contributed by atoms with Crippen LogP contribution in [0.25, 0.3) is 11.1 Å². The number of aliphatic hydroxyl groups excluding tert-OH is 4. The van der Waals surface area contributed by atoms with Gasteiger partial charge in [-0.05, 0) is 34.2 Å². The van der Waals surface area contributed by atoms with Crippen LogP contribution in [0.15, 0.2) is 60.7 Å². The molecule has 4 rings (SSSR count). The van der Waals surface area contributed by atoms with Gasteiger partial charge in [-0.2, -0.15) is 0 Å². The van der Waals surface area contributed by atoms with E-state index >= 15 is 0 Å². The molecule has 0 saturated carbocycles. The Morgan fingerprint density at radius 3 is 2.10 bits per heavy atom. The van der Waals surface area contributed by atoms with Crippen molar-refractivity contribution < 1.29 is 81.7 Å². The normalized spacial score (nSPS) is 26.3. The van der Waals surface area contributed by atoms with E-state index in [-0.39, 0.29) is 62.7 Å². The molecule has 30 heavy (non-hydrogen) atoms. The van der Waals surface area contributed by atoms with Gasteiger partial charge in [-0.25, -0.2) is 0 Å². The average Bonchev–Trinajstić information content (AvgIpc) is 2.96. The second-order valence-electron chi connectivity index (χ2n) is 7.48. The zero-order chi connectivity index (χ0) is 20.5. The SMILES string of the molecule is [K+].[O-]c1ccc(Cc2cc3cccccc-3c2)cc1[C@@H]1O[C@H](CO)[C@@H](O)[C@H](O)[C@H]1O. The summed E-state index contributed by atoms with van der Waals surface area (Å²) in [5.74, 6) is -0.335. The minimum atomic E-state index is -1.52. The van der Waals surface area contributed by atoms with Gasteiger partial charge in [0.05, 0.1) is 6.61 Å². The molecule has 1 heterocycles. The number of rotatable bonds is 4. The van der Waals surface area contributed by atoms with Crippen LogP contribution in [0, 0.1) is 0 Å². The molecule has 152 valence electrons. The Morgan fingerprint density at radius 2 is 1.47 bits per heavy atom. The first-order valence-corrected chi connectivity index (χ1v) is 9.56. The Morgan fingerprint density at radius 1 is 0.800 bits per heavy atom. The molecule has 3 aliphatic rings. The Kier molecular flexibility index (Phi) is 8.08. The standard InChI is InChI=1S/C23H24O6.K/c24-12-19-20(26)21(27)22(28)23(29-19)17-11-13(6-7-18(17)25)8-14-9-15-4-2-1-3-5-16(15)10-14;/h1-7,9-11,19-28H,8,12H2;/q;+1/p-1/t19-,20-,21+,22-,23+;/m1./s1. The smallest absolute Gasteiger partial charge is 0.872 e. The van der Waals surface area contributed by atoms with E-state index < -0.39 is 37.1 Å². The average molecular weight is 435 g/mol. The Bertz CT molecular complexity index is 931. The largest absolute Gasteiger partial charge is 1.00 e. The molecule has 7 heteroatoms. The van der Waals surface area contributed by atoms with Crippen LogP contribution < -0.4 is 56.5 Å². The summed E-state index contributed by atoms with van der Waals surface area (Å²) < 4.78 is 5.55. The van der Waals surface area contributed by atoms with Crippen molar-refractivity contribution >= 4 is 0 Å². The molecule has 0 unspecified atom stereocenters. The first-order chi connectivity index (χ1) is 14.0. The first kappa shape index (κ1) is 23.8. The van der Waals surface area contributed by atoms with Crippen molar-refractivity contribution in [1.29, 1.82) is 0 Å². The van der Waals surface area contributed by atoms with Crippen LogP contribution in [0.3, 0.4) is 0 Å². The first-order valence-electron chi connectivity index (χ1n) is 9.56. The molecule has 6 nitrogen and oxygen atoms in total. The van der Waals surface area contributed by atoms with Crippen molar-refractivity contribution in [1.82, 2.24) is 0 Å². The number of fused-ring (bicyclic) bond motifs is 1. The van der Waals surface area contributed by atoms with Crippen molar-refractivity contribution in [2.45, 2.75) is 36.9 Å². The molecule has 0 amide bonds. The predicted octanol–water partition coefficient (Wildman–Crippen LogP) is -2.03. The van der Waals surface area contributed by atoms with Gasteiger partial charge in [-0.1, -0.05) is 60.7 Å². The molecule has 2 aliphatic carbocycles. The predicted molar refractivity (Wildman–Crippen MR) is 104 cm³/mol. The summed E-state index contributed by atoms with van der Waals surface area (Å²) in [6.45, 7) is -0.535.